The Morgan fingerprint density at radius 2 is 2.07 bits per heavy atom. The Balaban J connectivity index is 2.31. The van der Waals surface area contributed by atoms with Gasteiger partial charge in [0.2, 0.25) is 0 Å². The number of nitrogens with one attached hydrogen (secondary N) is 1. The second kappa shape index (κ2) is 3.60. The van der Waals surface area contributed by atoms with Crippen molar-refractivity contribution in [2.45, 2.75) is 32.7 Å². The molecule has 0 radical (unpaired) electrons. The van der Waals surface area contributed by atoms with E-state index in [1.807, 2.05) is 26.1 Å². The lowest BCUT2D eigenvalue weighted by molar-refractivity contribution is 0.390. The van der Waals surface area contributed by atoms with Crippen LogP contribution in [0, 0.1) is 18.2 Å². The van der Waals surface area contributed by atoms with Gasteiger partial charge in [-0.3, -0.25) is 0 Å². The van der Waals surface area contributed by atoms with Crippen molar-refractivity contribution in [3.8, 4) is 0 Å². The highest BCUT2D eigenvalue weighted by Crippen LogP contribution is 2.54. The van der Waals surface area contributed by atoms with Crippen LogP contribution in [0.2, 0.25) is 0 Å². The fourth-order valence-corrected chi connectivity index (χ4v) is 2.25. The third-order valence-corrected chi connectivity index (χ3v) is 3.54. The largest absolute Gasteiger partial charge is 0.313 e. The van der Waals surface area contributed by atoms with E-state index in [2.05, 4.69) is 12.2 Å². The van der Waals surface area contributed by atoms with E-state index in [0.717, 1.165) is 5.56 Å². The third-order valence-electron chi connectivity index (χ3n) is 3.54. The summed E-state index contributed by atoms with van der Waals surface area (Å²) in [4.78, 5) is 0. The number of benzene rings is 1. The van der Waals surface area contributed by atoms with Crippen LogP contribution in [-0.4, -0.2) is 7.05 Å². The Labute approximate surface area is 90.7 Å². The molecule has 1 fully saturated rings. The molecule has 2 rings (SSSR count). The standard InChI is InChI=1S/C13H18FN/c1-9-8-10(4-5-11(9)14)12(15-3)13(2)6-7-13/h4-5,8,12,15H,6-7H2,1-3H3. The molecule has 1 aromatic carbocycles. The van der Waals surface area contributed by atoms with Crippen LogP contribution in [0.15, 0.2) is 18.2 Å². The molecule has 2 heteroatoms. The average molecular weight is 207 g/mol. The lowest BCUT2D eigenvalue weighted by Crippen LogP contribution is -2.24. The molecule has 82 valence electrons. The highest BCUT2D eigenvalue weighted by atomic mass is 19.1. The molecule has 0 amide bonds. The lowest BCUT2D eigenvalue weighted by Gasteiger charge is -2.23. The van der Waals surface area contributed by atoms with Crippen molar-refractivity contribution >= 4 is 0 Å². The zero-order chi connectivity index (χ0) is 11.1. The number of halogens is 1. The summed E-state index contributed by atoms with van der Waals surface area (Å²) in [6, 6.07) is 5.78. The molecule has 1 atom stereocenters. The van der Waals surface area contributed by atoms with E-state index < -0.39 is 0 Å². The van der Waals surface area contributed by atoms with Crippen molar-refractivity contribution in [1.29, 1.82) is 0 Å². The van der Waals surface area contributed by atoms with Gasteiger partial charge in [0, 0.05) is 6.04 Å². The van der Waals surface area contributed by atoms with Gasteiger partial charge in [-0.25, -0.2) is 4.39 Å². The summed E-state index contributed by atoms with van der Waals surface area (Å²) in [6.07, 6.45) is 2.52. The van der Waals surface area contributed by atoms with Crippen LogP contribution >= 0.6 is 0 Å². The Hall–Kier alpha value is -0.890. The molecule has 15 heavy (non-hydrogen) atoms. The molecular weight excluding hydrogens is 189 g/mol. The first-order valence-corrected chi connectivity index (χ1v) is 5.50. The predicted octanol–water partition coefficient (Wildman–Crippen LogP) is 3.19. The molecule has 0 heterocycles. The minimum atomic E-state index is -0.116. The number of rotatable bonds is 3. The van der Waals surface area contributed by atoms with Crippen LogP contribution in [-0.2, 0) is 0 Å². The van der Waals surface area contributed by atoms with Crippen LogP contribution < -0.4 is 5.32 Å². The van der Waals surface area contributed by atoms with Gasteiger partial charge in [0.1, 0.15) is 5.82 Å². The van der Waals surface area contributed by atoms with E-state index in [9.17, 15) is 4.39 Å². The highest BCUT2D eigenvalue weighted by molar-refractivity contribution is 5.29. The van der Waals surface area contributed by atoms with Gasteiger partial charge in [0.25, 0.3) is 0 Å². The Bertz CT molecular complexity index is 369. The number of hydrogen-bond donors (Lipinski definition) is 1. The van der Waals surface area contributed by atoms with Gasteiger partial charge in [-0.1, -0.05) is 19.1 Å². The van der Waals surface area contributed by atoms with E-state index in [1.54, 1.807) is 6.07 Å². The smallest absolute Gasteiger partial charge is 0.126 e. The monoisotopic (exact) mass is 207 g/mol. The number of aryl methyl sites for hydroxylation is 1. The Morgan fingerprint density at radius 1 is 1.40 bits per heavy atom. The Kier molecular flexibility index (Phi) is 2.55. The minimum Gasteiger partial charge on any atom is -0.313 e. The molecule has 1 unspecified atom stereocenters. The molecule has 1 aliphatic rings. The van der Waals surface area contributed by atoms with Crippen molar-refractivity contribution < 1.29 is 4.39 Å². The normalized spacial score (nSPS) is 20.0. The second-order valence-corrected chi connectivity index (χ2v) is 4.88. The molecule has 1 aliphatic carbocycles. The van der Waals surface area contributed by atoms with Crippen molar-refractivity contribution in [1.82, 2.24) is 5.32 Å². The maximum Gasteiger partial charge on any atom is 0.126 e. The maximum atomic E-state index is 13.2. The zero-order valence-corrected chi connectivity index (χ0v) is 9.60. The molecule has 0 bridgehead atoms. The molecule has 1 aromatic rings. The third kappa shape index (κ3) is 1.91. The molecule has 1 saturated carbocycles. The first-order valence-electron chi connectivity index (χ1n) is 5.50. The molecule has 0 spiro atoms. The van der Waals surface area contributed by atoms with Crippen LogP contribution in [0.3, 0.4) is 0 Å². The van der Waals surface area contributed by atoms with Crippen LogP contribution in [0.25, 0.3) is 0 Å². The summed E-state index contributed by atoms with van der Waals surface area (Å²) in [6.45, 7) is 4.10. The predicted molar refractivity (Wildman–Crippen MR) is 60.3 cm³/mol. The van der Waals surface area contributed by atoms with Gasteiger partial charge in [0.15, 0.2) is 0 Å². The summed E-state index contributed by atoms with van der Waals surface area (Å²) in [7, 11) is 1.98. The summed E-state index contributed by atoms with van der Waals surface area (Å²) in [5.74, 6) is -0.116. The van der Waals surface area contributed by atoms with E-state index in [4.69, 9.17) is 0 Å². The summed E-state index contributed by atoms with van der Waals surface area (Å²) in [5, 5.41) is 3.35. The summed E-state index contributed by atoms with van der Waals surface area (Å²) < 4.78 is 13.2. The van der Waals surface area contributed by atoms with E-state index >= 15 is 0 Å². The summed E-state index contributed by atoms with van der Waals surface area (Å²) >= 11 is 0. The van der Waals surface area contributed by atoms with Gasteiger partial charge in [-0.15, -0.1) is 0 Å². The van der Waals surface area contributed by atoms with Gasteiger partial charge in [-0.2, -0.15) is 0 Å². The van der Waals surface area contributed by atoms with Gasteiger partial charge >= 0.3 is 0 Å². The Morgan fingerprint density at radius 3 is 2.53 bits per heavy atom. The van der Waals surface area contributed by atoms with Crippen molar-refractivity contribution in [3.63, 3.8) is 0 Å². The van der Waals surface area contributed by atoms with Gasteiger partial charge in [0.05, 0.1) is 0 Å². The maximum absolute atomic E-state index is 13.2. The van der Waals surface area contributed by atoms with Crippen LogP contribution in [0.4, 0.5) is 4.39 Å². The zero-order valence-electron chi connectivity index (χ0n) is 9.60. The molecule has 0 aromatic heterocycles. The van der Waals surface area contributed by atoms with Crippen LogP contribution in [0.1, 0.15) is 36.9 Å². The van der Waals surface area contributed by atoms with Crippen LogP contribution in [0.5, 0.6) is 0 Å². The second-order valence-electron chi connectivity index (χ2n) is 4.88. The fourth-order valence-electron chi connectivity index (χ4n) is 2.25. The summed E-state index contributed by atoms with van der Waals surface area (Å²) in [5.41, 5.74) is 2.31. The molecule has 0 aliphatic heterocycles. The van der Waals surface area contributed by atoms with Crippen molar-refractivity contribution in [3.05, 3.63) is 35.1 Å². The van der Waals surface area contributed by atoms with Gasteiger partial charge in [-0.05, 0) is 49.4 Å². The number of hydrogen-bond acceptors (Lipinski definition) is 1. The minimum absolute atomic E-state index is 0.116. The van der Waals surface area contributed by atoms with E-state index in [-0.39, 0.29) is 5.82 Å². The fraction of sp³-hybridized carbons (Fsp3) is 0.538. The highest BCUT2D eigenvalue weighted by Gasteiger charge is 2.44. The quantitative estimate of drug-likeness (QED) is 0.802. The van der Waals surface area contributed by atoms with Crippen molar-refractivity contribution in [2.75, 3.05) is 7.05 Å². The molecular formula is C13H18FN. The first-order chi connectivity index (χ1) is 7.07. The SMILES string of the molecule is CNC(c1ccc(F)c(C)c1)C1(C)CC1. The molecule has 1 N–H and O–H groups in total. The lowest BCUT2D eigenvalue weighted by atomic mass is 9.91. The van der Waals surface area contributed by atoms with Gasteiger partial charge < -0.3 is 5.32 Å². The van der Waals surface area contributed by atoms with E-state index in [0.29, 0.717) is 11.5 Å². The molecule has 0 saturated heterocycles. The average Bonchev–Trinajstić information content (AvgIpc) is 2.92. The van der Waals surface area contributed by atoms with E-state index in [1.165, 1.54) is 18.4 Å². The molecule has 1 nitrogen and oxygen atoms in total. The first kappa shape index (κ1) is 10.6. The topological polar surface area (TPSA) is 12.0 Å². The van der Waals surface area contributed by atoms with Crippen molar-refractivity contribution in [2.24, 2.45) is 5.41 Å².